The third kappa shape index (κ3) is 1.50. The Kier molecular flexibility index (Phi) is 2.75. The van der Waals surface area contributed by atoms with Crippen molar-refractivity contribution in [3.63, 3.8) is 0 Å². The molecular formula is C21H24N2O3. The Hall–Kier alpha value is -1.85. The maximum Gasteiger partial charge on any atom is 0.335 e. The van der Waals surface area contributed by atoms with Gasteiger partial charge in [0.15, 0.2) is 0 Å². The summed E-state index contributed by atoms with van der Waals surface area (Å²) in [6, 6.07) is 8.97. The summed E-state index contributed by atoms with van der Waals surface area (Å²) >= 11 is 0. The zero-order valence-electron chi connectivity index (χ0n) is 15.2. The Labute approximate surface area is 153 Å². The van der Waals surface area contributed by atoms with Gasteiger partial charge in [-0.05, 0) is 37.4 Å². The van der Waals surface area contributed by atoms with Crippen LogP contribution < -0.4 is 5.32 Å². The molecule has 136 valence electrons. The van der Waals surface area contributed by atoms with Gasteiger partial charge in [0.05, 0.1) is 30.3 Å². The van der Waals surface area contributed by atoms with Crippen LogP contribution in [0.2, 0.25) is 0 Å². The summed E-state index contributed by atoms with van der Waals surface area (Å²) in [5.74, 6) is -0.188. The summed E-state index contributed by atoms with van der Waals surface area (Å²) in [6.45, 7) is 4.36. The van der Waals surface area contributed by atoms with E-state index in [9.17, 15) is 4.79 Å². The van der Waals surface area contributed by atoms with Gasteiger partial charge in [-0.25, -0.2) is 4.79 Å². The second kappa shape index (κ2) is 4.70. The molecular weight excluding hydrogens is 328 g/mol. The number of epoxide rings is 1. The number of ether oxygens (including phenoxy) is 2. The lowest BCUT2D eigenvalue weighted by Crippen LogP contribution is -2.63. The monoisotopic (exact) mass is 352 g/mol. The van der Waals surface area contributed by atoms with E-state index >= 15 is 0 Å². The molecule has 1 aliphatic carbocycles. The van der Waals surface area contributed by atoms with Crippen LogP contribution in [-0.2, 0) is 19.7 Å². The second-order valence-electron chi connectivity index (χ2n) is 8.49. The number of hydrogen-bond donors (Lipinski definition) is 1. The molecule has 2 unspecified atom stereocenters. The van der Waals surface area contributed by atoms with Crippen LogP contribution in [0.1, 0.15) is 31.7 Å². The number of hydrogen-bond acceptors (Lipinski definition) is 5. The van der Waals surface area contributed by atoms with E-state index in [4.69, 9.17) is 9.47 Å². The van der Waals surface area contributed by atoms with Gasteiger partial charge in [0, 0.05) is 29.4 Å². The fraction of sp³-hybridized carbons (Fsp3) is 0.571. The molecule has 0 amide bonds. The Bertz CT molecular complexity index is 865. The van der Waals surface area contributed by atoms with Crippen molar-refractivity contribution in [3.05, 3.63) is 41.1 Å². The topological polar surface area (TPSA) is 54.1 Å². The van der Waals surface area contributed by atoms with Crippen LogP contribution in [0.4, 0.5) is 5.69 Å². The number of carbonyl (C=O) groups excluding carboxylic acids is 1. The van der Waals surface area contributed by atoms with Crippen molar-refractivity contribution < 1.29 is 14.3 Å². The van der Waals surface area contributed by atoms with E-state index in [0.29, 0.717) is 12.1 Å². The molecule has 0 aromatic heterocycles. The molecule has 1 aromatic carbocycles. The van der Waals surface area contributed by atoms with Gasteiger partial charge in [-0.1, -0.05) is 25.1 Å². The third-order valence-corrected chi connectivity index (χ3v) is 7.74. The van der Waals surface area contributed by atoms with E-state index in [0.717, 1.165) is 49.3 Å². The molecule has 1 aromatic rings. The first kappa shape index (κ1) is 15.2. The van der Waals surface area contributed by atoms with Gasteiger partial charge < -0.3 is 14.8 Å². The largest absolute Gasteiger partial charge is 0.466 e. The number of nitrogens with zero attached hydrogens (tertiary/aromatic N) is 1. The van der Waals surface area contributed by atoms with E-state index in [-0.39, 0.29) is 22.9 Å². The lowest BCUT2D eigenvalue weighted by Gasteiger charge is -2.54. The molecule has 26 heavy (non-hydrogen) atoms. The van der Waals surface area contributed by atoms with Gasteiger partial charge in [0.1, 0.15) is 0 Å². The number of carbonyl (C=O) groups is 1. The fourth-order valence-electron chi connectivity index (χ4n) is 6.80. The number of fused-ring (bicyclic) bond motifs is 3. The van der Waals surface area contributed by atoms with Crippen molar-refractivity contribution in [2.24, 2.45) is 5.41 Å². The lowest BCUT2D eigenvalue weighted by atomic mass is 9.53. The van der Waals surface area contributed by atoms with Crippen molar-refractivity contribution >= 4 is 11.7 Å². The summed E-state index contributed by atoms with van der Waals surface area (Å²) in [6.07, 6.45) is 3.44. The summed E-state index contributed by atoms with van der Waals surface area (Å²) in [5.41, 5.74) is 4.29. The highest BCUT2D eigenvalue weighted by Gasteiger charge is 2.73. The molecule has 5 aliphatic rings. The minimum absolute atomic E-state index is 0.00836. The number of para-hydroxylation sites is 1. The van der Waals surface area contributed by atoms with Gasteiger partial charge in [-0.2, -0.15) is 0 Å². The quantitative estimate of drug-likeness (QED) is 0.654. The molecule has 3 saturated heterocycles. The zero-order chi connectivity index (χ0) is 17.7. The van der Waals surface area contributed by atoms with E-state index in [1.165, 1.54) is 12.7 Å². The molecule has 5 atom stereocenters. The Balaban J connectivity index is 1.66. The second-order valence-corrected chi connectivity index (χ2v) is 8.49. The Morgan fingerprint density at radius 3 is 3.08 bits per heavy atom. The van der Waals surface area contributed by atoms with E-state index < -0.39 is 0 Å². The maximum atomic E-state index is 12.8. The highest BCUT2D eigenvalue weighted by atomic mass is 16.6. The van der Waals surface area contributed by atoms with E-state index in [2.05, 4.69) is 41.4 Å². The molecule has 0 saturated carbocycles. The van der Waals surface area contributed by atoms with Crippen LogP contribution in [0.15, 0.2) is 35.5 Å². The van der Waals surface area contributed by atoms with E-state index in [1.807, 2.05) is 0 Å². The van der Waals surface area contributed by atoms with Crippen LogP contribution >= 0.6 is 0 Å². The van der Waals surface area contributed by atoms with Crippen LogP contribution in [0, 0.1) is 5.41 Å². The van der Waals surface area contributed by atoms with Crippen LogP contribution in [-0.4, -0.2) is 49.3 Å². The van der Waals surface area contributed by atoms with Crippen molar-refractivity contribution in [3.8, 4) is 0 Å². The Morgan fingerprint density at radius 2 is 2.27 bits per heavy atom. The molecule has 3 fully saturated rings. The highest BCUT2D eigenvalue weighted by molar-refractivity contribution is 5.93. The number of nitrogens with one attached hydrogen (secondary N) is 1. The summed E-state index contributed by atoms with van der Waals surface area (Å²) in [5, 5.41) is 3.63. The molecule has 5 nitrogen and oxygen atoms in total. The van der Waals surface area contributed by atoms with Crippen molar-refractivity contribution in [2.45, 2.75) is 49.9 Å². The standard InChI is InChI=1S/C21H24N2O3/c1-3-20-10-12(18(24)25-2)16-21(13-6-4-5-7-14(13)22-16)8-9-23(19(20)21)11-15-17(20)26-15/h4-7,15,17,19,22H,3,8-11H2,1-2H3/t15?,17?,19-,20+,21-/m0/s1. The smallest absolute Gasteiger partial charge is 0.335 e. The van der Waals surface area contributed by atoms with E-state index in [1.54, 1.807) is 0 Å². The fourth-order valence-corrected chi connectivity index (χ4v) is 6.80. The predicted molar refractivity (Wildman–Crippen MR) is 96.8 cm³/mol. The number of benzene rings is 1. The molecule has 1 N–H and O–H groups in total. The number of piperidine rings is 1. The third-order valence-electron chi connectivity index (χ3n) is 7.74. The summed E-state index contributed by atoms with van der Waals surface area (Å²) < 4.78 is 11.4. The molecule has 4 aliphatic heterocycles. The first-order valence-corrected chi connectivity index (χ1v) is 9.73. The SMILES string of the molecule is CC[C@@]12CC(C(=O)OC)=C3Nc4ccccc4[C@@]34CCN(CC3OC31)[C@@H]24. The summed E-state index contributed by atoms with van der Waals surface area (Å²) in [4.78, 5) is 15.5. The molecule has 4 heterocycles. The number of methoxy groups -OCH3 is 1. The van der Waals surface area contributed by atoms with Gasteiger partial charge in [-0.3, -0.25) is 4.90 Å². The highest BCUT2D eigenvalue weighted by Crippen LogP contribution is 2.68. The molecule has 0 bridgehead atoms. The molecule has 1 spiro atoms. The van der Waals surface area contributed by atoms with Crippen molar-refractivity contribution in [1.29, 1.82) is 0 Å². The molecule has 0 radical (unpaired) electrons. The average molecular weight is 352 g/mol. The molecule has 6 rings (SSSR count). The van der Waals surface area contributed by atoms with Gasteiger partial charge in [-0.15, -0.1) is 0 Å². The zero-order valence-corrected chi connectivity index (χ0v) is 15.2. The van der Waals surface area contributed by atoms with Crippen LogP contribution in [0.3, 0.4) is 0 Å². The number of anilines is 1. The first-order valence-electron chi connectivity index (χ1n) is 9.73. The number of esters is 1. The maximum absolute atomic E-state index is 12.8. The minimum atomic E-state index is -0.188. The van der Waals surface area contributed by atoms with Gasteiger partial charge in [0.2, 0.25) is 0 Å². The molecule has 5 heteroatoms. The van der Waals surface area contributed by atoms with Crippen molar-refractivity contribution in [1.82, 2.24) is 4.90 Å². The predicted octanol–water partition coefficient (Wildman–Crippen LogP) is 2.43. The summed E-state index contributed by atoms with van der Waals surface area (Å²) in [7, 11) is 1.49. The van der Waals surface area contributed by atoms with Crippen LogP contribution in [0.5, 0.6) is 0 Å². The minimum Gasteiger partial charge on any atom is -0.466 e. The average Bonchev–Trinajstić information content (AvgIpc) is 3.25. The van der Waals surface area contributed by atoms with Gasteiger partial charge in [0.25, 0.3) is 0 Å². The normalized spacial score (nSPS) is 41.7. The lowest BCUT2D eigenvalue weighted by molar-refractivity contribution is -0.137. The first-order chi connectivity index (χ1) is 12.7. The van der Waals surface area contributed by atoms with Crippen molar-refractivity contribution in [2.75, 3.05) is 25.5 Å². The van der Waals surface area contributed by atoms with Gasteiger partial charge >= 0.3 is 5.97 Å². The number of rotatable bonds is 2. The Morgan fingerprint density at radius 1 is 1.42 bits per heavy atom. The van der Waals surface area contributed by atoms with Crippen LogP contribution in [0.25, 0.3) is 0 Å².